The minimum Gasteiger partial charge on any atom is -0.492 e. The van der Waals surface area contributed by atoms with Crippen LogP contribution >= 0.6 is 23.2 Å². The number of urea groups is 1. The number of likely N-dealkylation sites (N-methyl/N-ethyl adjacent to an activating group) is 2. The Balaban J connectivity index is 0.000000954. The molecule has 1 rings (SSSR count). The molecule has 0 bridgehead atoms. The molecule has 0 atom stereocenters. The van der Waals surface area contributed by atoms with Gasteiger partial charge < -0.3 is 30.1 Å². The highest BCUT2D eigenvalue weighted by atomic mass is 35.5. The summed E-state index contributed by atoms with van der Waals surface area (Å²) < 4.78 is 5.67. The number of nitrogens with zero attached hydrogens (tertiary/aromatic N) is 2. The van der Waals surface area contributed by atoms with Gasteiger partial charge in [0.2, 0.25) is 0 Å². The third-order valence-electron chi connectivity index (χ3n) is 3.70. The van der Waals surface area contributed by atoms with Crippen LogP contribution in [-0.2, 0) is 9.59 Å². The average Bonchev–Trinajstić information content (AvgIpc) is 2.66. The van der Waals surface area contributed by atoms with Crippen molar-refractivity contribution < 1.29 is 29.3 Å². The molecule has 0 saturated carbocycles. The van der Waals surface area contributed by atoms with Crippen molar-refractivity contribution in [3.63, 3.8) is 0 Å². The monoisotopic (exact) mass is 477 g/mol. The molecule has 0 heterocycles. The highest BCUT2D eigenvalue weighted by Gasteiger charge is 2.20. The maximum atomic E-state index is 12.5. The van der Waals surface area contributed by atoms with Crippen molar-refractivity contribution in [1.82, 2.24) is 15.1 Å². The molecule has 2 amide bonds. The summed E-state index contributed by atoms with van der Waals surface area (Å²) >= 11 is 11.9. The molecule has 0 aromatic heterocycles. The molecule has 9 nitrogen and oxygen atoms in total. The summed E-state index contributed by atoms with van der Waals surface area (Å²) in [5.74, 6) is -1.91. The van der Waals surface area contributed by atoms with Crippen LogP contribution in [0.5, 0.6) is 5.75 Å². The van der Waals surface area contributed by atoms with Crippen molar-refractivity contribution in [2.24, 2.45) is 0 Å². The molecule has 0 spiro atoms. The van der Waals surface area contributed by atoms with Crippen molar-refractivity contribution in [2.45, 2.75) is 19.9 Å². The van der Waals surface area contributed by atoms with Crippen LogP contribution in [0.3, 0.4) is 0 Å². The summed E-state index contributed by atoms with van der Waals surface area (Å²) in [5.41, 5.74) is 0. The smallest absolute Gasteiger partial charge is 0.328 e. The van der Waals surface area contributed by atoms with Crippen LogP contribution < -0.4 is 10.1 Å². The van der Waals surface area contributed by atoms with E-state index in [1.54, 1.807) is 35.0 Å². The Morgan fingerprint density at radius 1 is 1.06 bits per heavy atom. The first kappa shape index (κ1) is 28.5. The number of benzene rings is 1. The predicted octanol–water partition coefficient (Wildman–Crippen LogP) is 3.07. The van der Waals surface area contributed by atoms with Crippen LogP contribution in [0.1, 0.15) is 13.8 Å². The number of carbonyl (C=O) groups is 3. The van der Waals surface area contributed by atoms with Crippen LogP contribution in [-0.4, -0.2) is 84.4 Å². The van der Waals surface area contributed by atoms with Crippen LogP contribution in [0.25, 0.3) is 0 Å². The lowest BCUT2D eigenvalue weighted by atomic mass is 10.3. The predicted molar refractivity (Wildman–Crippen MR) is 120 cm³/mol. The second-order valence-corrected chi connectivity index (χ2v) is 7.43. The second kappa shape index (κ2) is 15.3. The number of halogens is 2. The van der Waals surface area contributed by atoms with Gasteiger partial charge in [-0.15, -0.1) is 0 Å². The van der Waals surface area contributed by atoms with Gasteiger partial charge in [0.25, 0.3) is 0 Å². The number of carbonyl (C=O) groups excluding carboxylic acids is 1. The number of aliphatic carboxylic acids is 2. The molecule has 174 valence electrons. The first-order valence-corrected chi connectivity index (χ1v) is 10.1. The molecule has 0 aliphatic rings. The Morgan fingerprint density at radius 2 is 1.58 bits per heavy atom. The largest absolute Gasteiger partial charge is 0.492 e. The molecule has 11 heteroatoms. The van der Waals surface area contributed by atoms with Crippen molar-refractivity contribution in [3.8, 4) is 5.75 Å². The number of rotatable bonds is 10. The van der Waals surface area contributed by atoms with Gasteiger partial charge in [0, 0.05) is 48.4 Å². The third kappa shape index (κ3) is 13.4. The molecular weight excluding hydrogens is 449 g/mol. The van der Waals surface area contributed by atoms with E-state index in [1.165, 1.54) is 0 Å². The summed E-state index contributed by atoms with van der Waals surface area (Å²) in [5, 5.41) is 19.7. The fourth-order valence-corrected chi connectivity index (χ4v) is 2.69. The molecular formula is C20H29Cl2N3O6. The minimum atomic E-state index is -1.26. The maximum Gasteiger partial charge on any atom is 0.328 e. The van der Waals surface area contributed by atoms with Gasteiger partial charge in [-0.1, -0.05) is 23.2 Å². The van der Waals surface area contributed by atoms with Gasteiger partial charge in [0.05, 0.1) is 6.54 Å². The molecule has 0 aliphatic carbocycles. The maximum absolute atomic E-state index is 12.5. The lowest BCUT2D eigenvalue weighted by Gasteiger charge is -2.31. The van der Waals surface area contributed by atoms with Crippen LogP contribution in [0, 0.1) is 0 Å². The van der Waals surface area contributed by atoms with Crippen molar-refractivity contribution in [1.29, 1.82) is 0 Å². The van der Waals surface area contributed by atoms with Gasteiger partial charge in [-0.05, 0) is 39.1 Å². The quantitative estimate of drug-likeness (QED) is 0.442. The topological polar surface area (TPSA) is 119 Å². The van der Waals surface area contributed by atoms with Gasteiger partial charge in [0.15, 0.2) is 0 Å². The van der Waals surface area contributed by atoms with E-state index >= 15 is 0 Å². The first-order valence-electron chi connectivity index (χ1n) is 9.37. The van der Waals surface area contributed by atoms with Crippen molar-refractivity contribution >= 4 is 41.2 Å². The van der Waals surface area contributed by atoms with Gasteiger partial charge in [-0.2, -0.15) is 0 Å². The summed E-state index contributed by atoms with van der Waals surface area (Å²) in [6, 6.07) is 5.13. The molecule has 0 fully saturated rings. The average molecular weight is 478 g/mol. The van der Waals surface area contributed by atoms with E-state index in [-0.39, 0.29) is 12.1 Å². The normalized spacial score (nSPS) is 10.4. The van der Waals surface area contributed by atoms with E-state index in [0.29, 0.717) is 47.6 Å². The zero-order chi connectivity index (χ0) is 24.0. The Kier molecular flexibility index (Phi) is 14.1. The summed E-state index contributed by atoms with van der Waals surface area (Å²) in [4.78, 5) is 35.1. The molecule has 0 aliphatic heterocycles. The van der Waals surface area contributed by atoms with Crippen molar-refractivity contribution in [3.05, 3.63) is 40.4 Å². The van der Waals surface area contributed by atoms with Crippen LogP contribution in [0.15, 0.2) is 30.4 Å². The van der Waals surface area contributed by atoms with Crippen LogP contribution in [0.4, 0.5) is 4.79 Å². The van der Waals surface area contributed by atoms with E-state index in [9.17, 15) is 14.4 Å². The third-order valence-corrected chi connectivity index (χ3v) is 4.13. The summed E-state index contributed by atoms with van der Waals surface area (Å²) in [7, 11) is 3.66. The van der Waals surface area contributed by atoms with E-state index in [4.69, 9.17) is 38.2 Å². The second-order valence-electron chi connectivity index (χ2n) is 6.56. The number of carboxylic acid groups (broad SMARTS) is 2. The molecule has 0 radical (unpaired) electrons. The van der Waals surface area contributed by atoms with Gasteiger partial charge >= 0.3 is 18.0 Å². The first-order chi connectivity index (χ1) is 14.5. The van der Waals surface area contributed by atoms with Gasteiger partial charge in [0.1, 0.15) is 12.4 Å². The van der Waals surface area contributed by atoms with Crippen molar-refractivity contribution in [2.75, 3.05) is 40.3 Å². The number of nitrogens with one attached hydrogen (secondary N) is 1. The lowest BCUT2D eigenvalue weighted by molar-refractivity contribution is -0.134. The fourth-order valence-electron chi connectivity index (χ4n) is 2.19. The Labute approximate surface area is 192 Å². The molecule has 31 heavy (non-hydrogen) atoms. The number of hydrogen-bond acceptors (Lipinski definition) is 5. The van der Waals surface area contributed by atoms with E-state index in [1.807, 2.05) is 20.9 Å². The summed E-state index contributed by atoms with van der Waals surface area (Å²) in [6.07, 6.45) is 1.12. The van der Waals surface area contributed by atoms with Gasteiger partial charge in [-0.25, -0.2) is 14.4 Å². The zero-order valence-corrected chi connectivity index (χ0v) is 19.5. The standard InChI is InChI=1S/C16H25Cl2N3O2.C4H4O4/c1-12(2)21(16(22)20(4)6-5-19-3)7-8-23-15-10-13(17)9-14(18)11-15;5-3(6)1-2-4(7)8/h9-12,19H,5-8H2,1-4H3;1-2H,(H,5,6)(H,7,8). The Hall–Kier alpha value is -2.49. The summed E-state index contributed by atoms with van der Waals surface area (Å²) in [6.45, 7) is 6.25. The van der Waals surface area contributed by atoms with Gasteiger partial charge in [-0.3, -0.25) is 0 Å². The van der Waals surface area contributed by atoms with E-state index in [0.717, 1.165) is 6.54 Å². The van der Waals surface area contributed by atoms with E-state index < -0.39 is 11.9 Å². The molecule has 1 aromatic carbocycles. The molecule has 0 saturated heterocycles. The molecule has 3 N–H and O–H groups in total. The Bertz CT molecular complexity index is 722. The number of carboxylic acids is 2. The number of ether oxygens (including phenoxy) is 1. The lowest BCUT2D eigenvalue weighted by Crippen LogP contribution is -2.47. The highest BCUT2D eigenvalue weighted by Crippen LogP contribution is 2.24. The highest BCUT2D eigenvalue weighted by molar-refractivity contribution is 6.34. The van der Waals surface area contributed by atoms with E-state index in [2.05, 4.69) is 5.32 Å². The SMILES string of the molecule is CNCCN(C)C(=O)N(CCOc1cc(Cl)cc(Cl)c1)C(C)C.O=C(O)C=CC(=O)O. The Morgan fingerprint density at radius 3 is 2.00 bits per heavy atom. The fraction of sp³-hybridized carbons (Fsp3) is 0.450. The molecule has 0 unspecified atom stereocenters. The number of amides is 2. The minimum absolute atomic E-state index is 0.0111. The number of hydrogen-bond donors (Lipinski definition) is 3. The molecule has 1 aromatic rings. The zero-order valence-electron chi connectivity index (χ0n) is 18.0. The van der Waals surface area contributed by atoms with Crippen LogP contribution in [0.2, 0.25) is 10.0 Å².